The van der Waals surface area contributed by atoms with Gasteiger partial charge < -0.3 is 0 Å². The minimum atomic E-state index is 0.918. The molecule has 0 aliphatic heterocycles. The summed E-state index contributed by atoms with van der Waals surface area (Å²) in [4.78, 5) is 5.05. The van der Waals surface area contributed by atoms with Crippen molar-refractivity contribution in [2.45, 2.75) is 39.3 Å². The fourth-order valence-electron chi connectivity index (χ4n) is 4.97. The minimum absolute atomic E-state index is 0.918. The molecule has 0 aliphatic carbocycles. The van der Waals surface area contributed by atoms with Gasteiger partial charge in [0.2, 0.25) is 0 Å². The largest absolute Gasteiger partial charge is 0.291 e. The van der Waals surface area contributed by atoms with E-state index in [0.717, 1.165) is 39.3 Å². The summed E-state index contributed by atoms with van der Waals surface area (Å²) in [6.45, 7) is 5.56. The van der Waals surface area contributed by atoms with Crippen molar-refractivity contribution >= 4 is 0 Å². The van der Waals surface area contributed by atoms with Gasteiger partial charge >= 0.3 is 0 Å². The van der Waals surface area contributed by atoms with Gasteiger partial charge in [-0.2, -0.15) is 0 Å². The smallest absolute Gasteiger partial charge is 0.0240 e. The number of hydrogen-bond donors (Lipinski definition) is 0. The predicted octanol–water partition coefficient (Wildman–Crippen LogP) is 8.09. The molecule has 0 aromatic heterocycles. The van der Waals surface area contributed by atoms with Gasteiger partial charge in [0.15, 0.2) is 0 Å². The van der Waals surface area contributed by atoms with Crippen LogP contribution in [0.2, 0.25) is 0 Å². The highest BCUT2D eigenvalue weighted by atomic mass is 15.1. The topological polar surface area (TPSA) is 6.48 Å². The first-order valence-electron chi connectivity index (χ1n) is 13.5. The van der Waals surface area contributed by atoms with Crippen LogP contribution in [0.5, 0.6) is 0 Å². The van der Waals surface area contributed by atoms with Gasteiger partial charge in [-0.25, -0.2) is 0 Å². The van der Waals surface area contributed by atoms with Crippen molar-refractivity contribution in [3.05, 3.63) is 179 Å². The van der Waals surface area contributed by atoms with Crippen molar-refractivity contribution in [1.82, 2.24) is 9.80 Å². The minimum Gasteiger partial charge on any atom is -0.291 e. The third-order valence-corrected chi connectivity index (χ3v) is 6.83. The van der Waals surface area contributed by atoms with Gasteiger partial charge in [0.05, 0.1) is 0 Å². The van der Waals surface area contributed by atoms with Crippen molar-refractivity contribution in [2.75, 3.05) is 0 Å². The predicted molar refractivity (Wildman–Crippen MR) is 158 cm³/mol. The molecule has 0 aliphatic rings. The van der Waals surface area contributed by atoms with Crippen LogP contribution in [0.4, 0.5) is 0 Å². The molecule has 0 saturated heterocycles. The van der Waals surface area contributed by atoms with Gasteiger partial charge in [0, 0.05) is 39.3 Å². The van der Waals surface area contributed by atoms with Crippen LogP contribution in [0.3, 0.4) is 0 Å². The fraction of sp³-hybridized carbons (Fsp3) is 0.167. The monoisotopic (exact) mass is 496 g/mol. The first-order valence-corrected chi connectivity index (χ1v) is 13.5. The average molecular weight is 497 g/mol. The lowest BCUT2D eigenvalue weighted by molar-refractivity contribution is 0.245. The van der Waals surface area contributed by atoms with Crippen molar-refractivity contribution < 1.29 is 0 Å². The zero-order chi connectivity index (χ0) is 25.8. The number of rotatable bonds is 12. The highest BCUT2D eigenvalue weighted by Crippen LogP contribution is 2.18. The van der Waals surface area contributed by atoms with Crippen LogP contribution in [0.1, 0.15) is 33.4 Å². The van der Waals surface area contributed by atoms with E-state index < -0.39 is 0 Å². The molecular weight excluding hydrogens is 460 g/mol. The summed E-state index contributed by atoms with van der Waals surface area (Å²) < 4.78 is 0. The Balaban J connectivity index is 1.28. The van der Waals surface area contributed by atoms with E-state index in [1.165, 1.54) is 33.4 Å². The van der Waals surface area contributed by atoms with E-state index in [-0.39, 0.29) is 0 Å². The Kier molecular flexibility index (Phi) is 9.14. The molecule has 0 saturated carbocycles. The summed E-state index contributed by atoms with van der Waals surface area (Å²) in [7, 11) is 0. The van der Waals surface area contributed by atoms with Crippen LogP contribution in [-0.4, -0.2) is 9.80 Å². The maximum absolute atomic E-state index is 2.52. The molecule has 2 nitrogen and oxygen atoms in total. The lowest BCUT2D eigenvalue weighted by Crippen LogP contribution is -2.23. The lowest BCUT2D eigenvalue weighted by Gasteiger charge is -2.24. The summed E-state index contributed by atoms with van der Waals surface area (Å²) in [5.41, 5.74) is 8.07. The van der Waals surface area contributed by atoms with Crippen molar-refractivity contribution in [3.8, 4) is 0 Å². The summed E-state index contributed by atoms with van der Waals surface area (Å²) in [5, 5.41) is 0. The van der Waals surface area contributed by atoms with Gasteiger partial charge in [-0.15, -0.1) is 0 Å². The van der Waals surface area contributed by atoms with Crippen molar-refractivity contribution in [1.29, 1.82) is 0 Å². The quantitative estimate of drug-likeness (QED) is 0.172. The van der Waals surface area contributed by atoms with Gasteiger partial charge in [-0.05, 0) is 33.4 Å². The molecule has 0 atom stereocenters. The molecule has 0 bridgehead atoms. The van der Waals surface area contributed by atoms with Crippen LogP contribution >= 0.6 is 0 Å². The van der Waals surface area contributed by atoms with Crippen LogP contribution in [0, 0.1) is 0 Å². The second-order valence-corrected chi connectivity index (χ2v) is 10.0. The number of benzene rings is 5. The first-order chi connectivity index (χ1) is 18.8. The van der Waals surface area contributed by atoms with E-state index in [2.05, 4.69) is 155 Å². The van der Waals surface area contributed by atoms with Gasteiger partial charge in [-0.3, -0.25) is 9.80 Å². The molecule has 0 radical (unpaired) electrons. The lowest BCUT2D eigenvalue weighted by atomic mass is 10.1. The molecule has 0 unspecified atom stereocenters. The molecule has 38 heavy (non-hydrogen) atoms. The summed E-state index contributed by atoms with van der Waals surface area (Å²) >= 11 is 0. The molecular formula is C36H36N2. The van der Waals surface area contributed by atoms with E-state index in [1.54, 1.807) is 0 Å². The summed E-state index contributed by atoms with van der Waals surface area (Å²) in [6.07, 6.45) is 0. The molecule has 190 valence electrons. The van der Waals surface area contributed by atoms with E-state index >= 15 is 0 Å². The Labute approximate surface area is 227 Å². The van der Waals surface area contributed by atoms with E-state index in [4.69, 9.17) is 0 Å². The molecule has 2 heteroatoms. The normalized spacial score (nSPS) is 11.2. The third-order valence-electron chi connectivity index (χ3n) is 6.83. The second kappa shape index (κ2) is 13.5. The highest BCUT2D eigenvalue weighted by Gasteiger charge is 2.11. The van der Waals surface area contributed by atoms with Gasteiger partial charge in [-0.1, -0.05) is 146 Å². The molecule has 5 aromatic carbocycles. The van der Waals surface area contributed by atoms with Crippen LogP contribution in [0.25, 0.3) is 0 Å². The number of hydrogen-bond acceptors (Lipinski definition) is 2. The first kappa shape index (κ1) is 25.7. The molecule has 0 heterocycles. The van der Waals surface area contributed by atoms with Gasteiger partial charge in [0.1, 0.15) is 0 Å². The Morgan fingerprint density at radius 1 is 0.237 bits per heavy atom. The molecule has 0 fully saturated rings. The standard InChI is InChI=1S/C36H36N2/c1-5-13-31(14-6-1)25-37(26-32-15-7-2-8-16-32)29-35-21-23-36(24-22-35)30-38(27-33-17-9-3-10-18-33)28-34-19-11-4-12-20-34/h1-24H,25-30H2. The van der Waals surface area contributed by atoms with Crippen molar-refractivity contribution in [2.24, 2.45) is 0 Å². The summed E-state index contributed by atoms with van der Waals surface area (Å²) in [5.74, 6) is 0. The second-order valence-electron chi connectivity index (χ2n) is 10.0. The van der Waals surface area contributed by atoms with Crippen molar-refractivity contribution in [3.63, 3.8) is 0 Å². The number of nitrogens with zero attached hydrogens (tertiary/aromatic N) is 2. The van der Waals surface area contributed by atoms with Crippen LogP contribution < -0.4 is 0 Å². The van der Waals surface area contributed by atoms with Crippen LogP contribution in [0.15, 0.2) is 146 Å². The van der Waals surface area contributed by atoms with Gasteiger partial charge in [0.25, 0.3) is 0 Å². The Hall–Kier alpha value is -3.98. The molecule has 0 spiro atoms. The van der Waals surface area contributed by atoms with E-state index in [9.17, 15) is 0 Å². The zero-order valence-corrected chi connectivity index (χ0v) is 22.0. The maximum atomic E-state index is 2.52. The molecule has 0 N–H and O–H groups in total. The Morgan fingerprint density at radius 2 is 0.421 bits per heavy atom. The molecule has 5 rings (SSSR count). The molecule has 5 aromatic rings. The highest BCUT2D eigenvalue weighted by molar-refractivity contribution is 5.25. The zero-order valence-electron chi connectivity index (χ0n) is 22.0. The molecule has 0 amide bonds. The van der Waals surface area contributed by atoms with Crippen LogP contribution in [-0.2, 0) is 39.3 Å². The summed E-state index contributed by atoms with van der Waals surface area (Å²) in [6, 6.07) is 52.3. The SMILES string of the molecule is c1ccc(CN(Cc2ccccc2)Cc2ccc(CN(Cc3ccccc3)Cc3ccccc3)cc2)cc1. The van der Waals surface area contributed by atoms with E-state index in [1.807, 2.05) is 0 Å². The van der Waals surface area contributed by atoms with E-state index in [0.29, 0.717) is 0 Å². The Morgan fingerprint density at radius 3 is 0.632 bits per heavy atom. The fourth-order valence-corrected chi connectivity index (χ4v) is 4.97. The Bertz CT molecular complexity index is 1140. The maximum Gasteiger partial charge on any atom is 0.0240 e. The third kappa shape index (κ3) is 8.01. The average Bonchev–Trinajstić information content (AvgIpc) is 2.96.